The van der Waals surface area contributed by atoms with E-state index in [-0.39, 0.29) is 18.4 Å². The smallest absolute Gasteiger partial charge is 0.260 e. The molecular weight excluding hydrogens is 296 g/mol. The van der Waals surface area contributed by atoms with Gasteiger partial charge in [-0.2, -0.15) is 0 Å². The summed E-state index contributed by atoms with van der Waals surface area (Å²) in [5.41, 5.74) is 0. The van der Waals surface area contributed by atoms with Crippen molar-refractivity contribution in [2.75, 3.05) is 39.4 Å². The van der Waals surface area contributed by atoms with Gasteiger partial charge in [0.1, 0.15) is 11.5 Å². The highest BCUT2D eigenvalue weighted by Gasteiger charge is 2.22. The quantitative estimate of drug-likeness (QED) is 0.798. The lowest BCUT2D eigenvalue weighted by atomic mass is 10.3. The first-order valence-electron chi connectivity index (χ1n) is 7.99. The summed E-state index contributed by atoms with van der Waals surface area (Å²) in [6, 6.07) is 7.26. The third kappa shape index (κ3) is 5.16. The maximum atomic E-state index is 12.1. The molecule has 126 valence electrons. The molecule has 1 fully saturated rings. The Morgan fingerprint density at radius 1 is 0.957 bits per heavy atom. The first kappa shape index (κ1) is 17.1. The van der Waals surface area contributed by atoms with Gasteiger partial charge in [0, 0.05) is 33.1 Å². The predicted octanol–water partition coefficient (Wildman–Crippen LogP) is 1.54. The van der Waals surface area contributed by atoms with Crippen LogP contribution in [-0.2, 0) is 9.59 Å². The van der Waals surface area contributed by atoms with Crippen LogP contribution >= 0.6 is 0 Å². The van der Waals surface area contributed by atoms with Gasteiger partial charge in [-0.05, 0) is 30.7 Å². The highest BCUT2D eigenvalue weighted by Crippen LogP contribution is 2.17. The third-order valence-corrected chi connectivity index (χ3v) is 3.74. The van der Waals surface area contributed by atoms with E-state index >= 15 is 0 Å². The highest BCUT2D eigenvalue weighted by molar-refractivity contribution is 5.78. The Morgan fingerprint density at radius 2 is 1.48 bits per heavy atom. The number of nitrogens with zero attached hydrogens (tertiary/aromatic N) is 2. The number of piperazine rings is 1. The SMILES string of the molecule is CCCOc1ccc(OCC(=O)N2CCN(C(C)=O)CC2)cc1. The van der Waals surface area contributed by atoms with Gasteiger partial charge in [-0.3, -0.25) is 9.59 Å². The number of carbonyl (C=O) groups is 2. The van der Waals surface area contributed by atoms with Gasteiger partial charge < -0.3 is 19.3 Å². The van der Waals surface area contributed by atoms with E-state index in [0.29, 0.717) is 38.5 Å². The van der Waals surface area contributed by atoms with Gasteiger partial charge in [-0.15, -0.1) is 0 Å². The Labute approximate surface area is 137 Å². The van der Waals surface area contributed by atoms with Crippen molar-refractivity contribution in [1.29, 1.82) is 0 Å². The zero-order chi connectivity index (χ0) is 16.7. The molecular formula is C17H24N2O4. The number of benzene rings is 1. The van der Waals surface area contributed by atoms with E-state index in [2.05, 4.69) is 6.92 Å². The molecule has 0 atom stereocenters. The largest absolute Gasteiger partial charge is 0.494 e. The van der Waals surface area contributed by atoms with Gasteiger partial charge >= 0.3 is 0 Å². The Morgan fingerprint density at radius 3 is 2.00 bits per heavy atom. The van der Waals surface area contributed by atoms with Crippen molar-refractivity contribution in [2.45, 2.75) is 20.3 Å². The fraction of sp³-hybridized carbons (Fsp3) is 0.529. The van der Waals surface area contributed by atoms with E-state index in [9.17, 15) is 9.59 Å². The van der Waals surface area contributed by atoms with Crippen molar-refractivity contribution in [1.82, 2.24) is 9.80 Å². The Balaban J connectivity index is 1.75. The molecule has 6 heteroatoms. The van der Waals surface area contributed by atoms with E-state index in [4.69, 9.17) is 9.47 Å². The Bertz CT molecular complexity index is 522. The minimum absolute atomic E-state index is 0.00916. The fourth-order valence-corrected chi connectivity index (χ4v) is 2.36. The summed E-state index contributed by atoms with van der Waals surface area (Å²) in [7, 11) is 0. The van der Waals surface area contributed by atoms with Gasteiger partial charge in [0.2, 0.25) is 5.91 Å². The minimum atomic E-state index is -0.0560. The van der Waals surface area contributed by atoms with Crippen molar-refractivity contribution in [3.8, 4) is 11.5 Å². The normalized spacial score (nSPS) is 14.5. The van der Waals surface area contributed by atoms with Crippen molar-refractivity contribution >= 4 is 11.8 Å². The summed E-state index contributed by atoms with van der Waals surface area (Å²) >= 11 is 0. The summed E-state index contributed by atoms with van der Waals surface area (Å²) in [6.07, 6.45) is 0.962. The minimum Gasteiger partial charge on any atom is -0.494 e. The van der Waals surface area contributed by atoms with Gasteiger partial charge in [-0.1, -0.05) is 6.92 Å². The molecule has 1 aromatic rings. The maximum absolute atomic E-state index is 12.1. The van der Waals surface area contributed by atoms with Crippen LogP contribution in [0.25, 0.3) is 0 Å². The molecule has 0 bridgehead atoms. The van der Waals surface area contributed by atoms with Crippen molar-refractivity contribution in [2.24, 2.45) is 0 Å². The summed E-state index contributed by atoms with van der Waals surface area (Å²) in [4.78, 5) is 26.9. The molecule has 0 unspecified atom stereocenters. The van der Waals surface area contributed by atoms with Crippen LogP contribution in [0.2, 0.25) is 0 Å². The summed E-state index contributed by atoms with van der Waals surface area (Å²) in [6.45, 7) is 6.60. The van der Waals surface area contributed by atoms with E-state index in [1.54, 1.807) is 28.9 Å². The average Bonchev–Trinajstić information content (AvgIpc) is 2.58. The second-order valence-corrected chi connectivity index (χ2v) is 5.50. The van der Waals surface area contributed by atoms with Crippen LogP contribution in [0.4, 0.5) is 0 Å². The van der Waals surface area contributed by atoms with Crippen LogP contribution in [0.3, 0.4) is 0 Å². The maximum Gasteiger partial charge on any atom is 0.260 e. The summed E-state index contributed by atoms with van der Waals surface area (Å²) in [5.74, 6) is 1.44. The molecule has 1 heterocycles. The van der Waals surface area contributed by atoms with Gasteiger partial charge in [0.25, 0.3) is 5.91 Å². The monoisotopic (exact) mass is 320 g/mol. The molecule has 1 saturated heterocycles. The van der Waals surface area contributed by atoms with Crippen LogP contribution in [-0.4, -0.2) is 61.0 Å². The summed E-state index contributed by atoms with van der Waals surface area (Å²) < 4.78 is 11.0. The van der Waals surface area contributed by atoms with Crippen LogP contribution < -0.4 is 9.47 Å². The molecule has 0 N–H and O–H groups in total. The number of carbonyl (C=O) groups excluding carboxylic acids is 2. The molecule has 0 aromatic heterocycles. The first-order valence-corrected chi connectivity index (χ1v) is 7.99. The second-order valence-electron chi connectivity index (χ2n) is 5.50. The van der Waals surface area contributed by atoms with Gasteiger partial charge in [-0.25, -0.2) is 0 Å². The van der Waals surface area contributed by atoms with Crippen LogP contribution in [0, 0.1) is 0 Å². The molecule has 1 aliphatic rings. The lowest BCUT2D eigenvalue weighted by Crippen LogP contribution is -2.51. The Hall–Kier alpha value is -2.24. The van der Waals surface area contributed by atoms with E-state index in [1.165, 1.54) is 0 Å². The third-order valence-electron chi connectivity index (χ3n) is 3.74. The lowest BCUT2D eigenvalue weighted by molar-refractivity contribution is -0.139. The lowest BCUT2D eigenvalue weighted by Gasteiger charge is -2.34. The van der Waals surface area contributed by atoms with Crippen LogP contribution in [0.1, 0.15) is 20.3 Å². The molecule has 0 radical (unpaired) electrons. The van der Waals surface area contributed by atoms with E-state index < -0.39 is 0 Å². The molecule has 2 amide bonds. The second kappa shape index (κ2) is 8.41. The first-order chi connectivity index (χ1) is 11.1. The predicted molar refractivity (Wildman–Crippen MR) is 86.6 cm³/mol. The summed E-state index contributed by atoms with van der Waals surface area (Å²) in [5, 5.41) is 0. The van der Waals surface area contributed by atoms with Crippen LogP contribution in [0.15, 0.2) is 24.3 Å². The highest BCUT2D eigenvalue weighted by atomic mass is 16.5. The van der Waals surface area contributed by atoms with E-state index in [1.807, 2.05) is 12.1 Å². The standard InChI is InChI=1S/C17H24N2O4/c1-3-12-22-15-4-6-16(7-5-15)23-13-17(21)19-10-8-18(9-11-19)14(2)20/h4-7H,3,8-13H2,1-2H3. The zero-order valence-corrected chi connectivity index (χ0v) is 13.8. The Kier molecular flexibility index (Phi) is 6.26. The zero-order valence-electron chi connectivity index (χ0n) is 13.8. The molecule has 6 nitrogen and oxygen atoms in total. The molecule has 2 rings (SSSR count). The fourth-order valence-electron chi connectivity index (χ4n) is 2.36. The number of hydrogen-bond donors (Lipinski definition) is 0. The van der Waals surface area contributed by atoms with Crippen molar-refractivity contribution < 1.29 is 19.1 Å². The van der Waals surface area contributed by atoms with Gasteiger partial charge in [0.05, 0.1) is 6.61 Å². The number of ether oxygens (including phenoxy) is 2. The van der Waals surface area contributed by atoms with Crippen molar-refractivity contribution in [3.05, 3.63) is 24.3 Å². The topological polar surface area (TPSA) is 59.1 Å². The molecule has 1 aliphatic heterocycles. The molecule has 0 saturated carbocycles. The molecule has 1 aromatic carbocycles. The molecule has 0 aliphatic carbocycles. The number of hydrogen-bond acceptors (Lipinski definition) is 4. The van der Waals surface area contributed by atoms with Crippen LogP contribution in [0.5, 0.6) is 11.5 Å². The van der Waals surface area contributed by atoms with Gasteiger partial charge in [0.15, 0.2) is 6.61 Å². The van der Waals surface area contributed by atoms with Crippen molar-refractivity contribution in [3.63, 3.8) is 0 Å². The average molecular weight is 320 g/mol. The number of amides is 2. The molecule has 23 heavy (non-hydrogen) atoms. The number of rotatable bonds is 6. The van der Waals surface area contributed by atoms with E-state index in [0.717, 1.165) is 12.2 Å². The molecule has 0 spiro atoms.